The average molecular weight is 278 g/mol. The van der Waals surface area contributed by atoms with Crippen molar-refractivity contribution in [3.8, 4) is 6.07 Å². The van der Waals surface area contributed by atoms with Gasteiger partial charge in [0.2, 0.25) is 0 Å². The van der Waals surface area contributed by atoms with Gasteiger partial charge >= 0.3 is 0 Å². The normalized spacial score (nSPS) is 22.5. The van der Waals surface area contributed by atoms with E-state index in [0.29, 0.717) is 5.92 Å². The standard InChI is InChI=1S/C16H20F2N2/c1-11-2-4-12(5-3-11)9-20-10-14-15(17)6-13(8-19)7-16(14)18/h6-7,11-12,20H,2-5,9-10H2,1H3. The molecule has 108 valence electrons. The van der Waals surface area contributed by atoms with E-state index in [1.807, 2.05) is 0 Å². The number of rotatable bonds is 4. The molecule has 0 saturated heterocycles. The lowest BCUT2D eigenvalue weighted by molar-refractivity contribution is 0.281. The Morgan fingerprint density at radius 1 is 1.20 bits per heavy atom. The molecule has 0 aromatic heterocycles. The number of nitrogens with zero attached hydrogens (tertiary/aromatic N) is 1. The van der Waals surface area contributed by atoms with Crippen molar-refractivity contribution < 1.29 is 8.78 Å². The Morgan fingerprint density at radius 2 is 1.80 bits per heavy atom. The van der Waals surface area contributed by atoms with Crippen molar-refractivity contribution >= 4 is 0 Å². The Labute approximate surface area is 118 Å². The molecule has 1 aliphatic carbocycles. The minimum absolute atomic E-state index is 0.0185. The number of halogens is 2. The predicted molar refractivity (Wildman–Crippen MR) is 73.9 cm³/mol. The highest BCUT2D eigenvalue weighted by atomic mass is 19.1. The van der Waals surface area contributed by atoms with Crippen LogP contribution in [0.5, 0.6) is 0 Å². The van der Waals surface area contributed by atoms with Gasteiger partial charge in [-0.3, -0.25) is 0 Å². The van der Waals surface area contributed by atoms with Gasteiger partial charge in [-0.05, 0) is 43.4 Å². The van der Waals surface area contributed by atoms with E-state index in [0.717, 1.165) is 24.6 Å². The van der Waals surface area contributed by atoms with Crippen molar-refractivity contribution in [1.29, 1.82) is 5.26 Å². The first-order valence-corrected chi connectivity index (χ1v) is 7.19. The molecule has 0 spiro atoms. The van der Waals surface area contributed by atoms with Crippen molar-refractivity contribution in [3.05, 3.63) is 34.9 Å². The SMILES string of the molecule is CC1CCC(CNCc2c(F)cc(C#N)cc2F)CC1. The van der Waals surface area contributed by atoms with Gasteiger partial charge in [0.15, 0.2) is 0 Å². The van der Waals surface area contributed by atoms with Crippen molar-refractivity contribution in [2.24, 2.45) is 11.8 Å². The lowest BCUT2D eigenvalue weighted by atomic mass is 9.83. The predicted octanol–water partition coefficient (Wildman–Crippen LogP) is 3.75. The van der Waals surface area contributed by atoms with E-state index in [2.05, 4.69) is 12.2 Å². The maximum Gasteiger partial charge on any atom is 0.131 e. The Kier molecular flexibility index (Phi) is 5.08. The summed E-state index contributed by atoms with van der Waals surface area (Å²) in [5.74, 6) is 0.119. The highest BCUT2D eigenvalue weighted by Crippen LogP contribution is 2.27. The van der Waals surface area contributed by atoms with Gasteiger partial charge in [-0.1, -0.05) is 19.8 Å². The number of hydrogen-bond acceptors (Lipinski definition) is 2. The zero-order valence-corrected chi connectivity index (χ0v) is 11.8. The highest BCUT2D eigenvalue weighted by Gasteiger charge is 2.18. The van der Waals surface area contributed by atoms with Crippen molar-refractivity contribution in [3.63, 3.8) is 0 Å². The third-order valence-corrected chi connectivity index (χ3v) is 4.14. The van der Waals surface area contributed by atoms with Gasteiger partial charge in [-0.15, -0.1) is 0 Å². The third-order valence-electron chi connectivity index (χ3n) is 4.14. The lowest BCUT2D eigenvalue weighted by Crippen LogP contribution is -2.26. The summed E-state index contributed by atoms with van der Waals surface area (Å²) < 4.78 is 27.4. The van der Waals surface area contributed by atoms with Crippen LogP contribution in [0.15, 0.2) is 12.1 Å². The van der Waals surface area contributed by atoms with Gasteiger partial charge in [0.1, 0.15) is 11.6 Å². The van der Waals surface area contributed by atoms with Crippen LogP contribution in [0.4, 0.5) is 8.78 Å². The average Bonchev–Trinajstić information content (AvgIpc) is 2.43. The van der Waals surface area contributed by atoms with Gasteiger partial charge in [0.25, 0.3) is 0 Å². The van der Waals surface area contributed by atoms with Crippen LogP contribution < -0.4 is 5.32 Å². The Bertz CT molecular complexity index is 477. The minimum Gasteiger partial charge on any atom is -0.312 e. The summed E-state index contributed by atoms with van der Waals surface area (Å²) in [6, 6.07) is 3.92. The molecule has 4 heteroatoms. The number of benzene rings is 1. The zero-order chi connectivity index (χ0) is 14.5. The quantitative estimate of drug-likeness (QED) is 0.910. The molecule has 0 atom stereocenters. The maximum atomic E-state index is 13.7. The van der Waals surface area contributed by atoms with Gasteiger partial charge in [-0.25, -0.2) is 8.78 Å². The van der Waals surface area contributed by atoms with Crippen molar-refractivity contribution in [1.82, 2.24) is 5.32 Å². The van der Waals surface area contributed by atoms with Crippen LogP contribution in [0.2, 0.25) is 0 Å². The van der Waals surface area contributed by atoms with Crippen LogP contribution in [0.3, 0.4) is 0 Å². The van der Waals surface area contributed by atoms with Crippen LogP contribution in [0, 0.1) is 34.8 Å². The van der Waals surface area contributed by atoms with Crippen LogP contribution >= 0.6 is 0 Å². The Balaban J connectivity index is 1.87. The first-order valence-electron chi connectivity index (χ1n) is 7.19. The van der Waals surface area contributed by atoms with Gasteiger partial charge in [-0.2, -0.15) is 5.26 Å². The number of nitriles is 1. The Morgan fingerprint density at radius 3 is 2.35 bits per heavy atom. The number of nitrogens with one attached hydrogen (secondary N) is 1. The summed E-state index contributed by atoms with van der Waals surface area (Å²) in [7, 11) is 0. The second kappa shape index (κ2) is 6.81. The molecule has 1 aromatic carbocycles. The molecule has 0 aliphatic heterocycles. The molecule has 1 saturated carbocycles. The lowest BCUT2D eigenvalue weighted by Gasteiger charge is -2.26. The fourth-order valence-corrected chi connectivity index (χ4v) is 2.77. The van der Waals surface area contributed by atoms with Crippen LogP contribution in [-0.4, -0.2) is 6.54 Å². The molecular weight excluding hydrogens is 258 g/mol. The van der Waals surface area contributed by atoms with Gasteiger partial charge < -0.3 is 5.32 Å². The second-order valence-electron chi connectivity index (χ2n) is 5.79. The van der Waals surface area contributed by atoms with Crippen molar-refractivity contribution in [2.45, 2.75) is 39.2 Å². The van der Waals surface area contributed by atoms with E-state index in [4.69, 9.17) is 5.26 Å². The number of hydrogen-bond donors (Lipinski definition) is 1. The Hall–Kier alpha value is -1.47. The van der Waals surface area contributed by atoms with Crippen LogP contribution in [0.1, 0.15) is 43.7 Å². The summed E-state index contributed by atoms with van der Waals surface area (Å²) in [4.78, 5) is 0. The highest BCUT2D eigenvalue weighted by molar-refractivity contribution is 5.34. The summed E-state index contributed by atoms with van der Waals surface area (Å²) in [5, 5.41) is 11.8. The molecule has 1 fully saturated rings. The summed E-state index contributed by atoms with van der Waals surface area (Å²) >= 11 is 0. The molecule has 1 aliphatic rings. The van der Waals surface area contributed by atoms with E-state index in [9.17, 15) is 8.78 Å². The molecule has 0 radical (unpaired) electrons. The molecular formula is C16H20F2N2. The second-order valence-corrected chi connectivity index (χ2v) is 5.79. The van der Waals surface area contributed by atoms with E-state index in [-0.39, 0.29) is 17.7 Å². The summed E-state index contributed by atoms with van der Waals surface area (Å²) in [6.45, 7) is 3.24. The monoisotopic (exact) mass is 278 g/mol. The van der Waals surface area contributed by atoms with Crippen LogP contribution in [-0.2, 0) is 6.54 Å². The third kappa shape index (κ3) is 3.77. The van der Waals surface area contributed by atoms with Gasteiger partial charge in [0.05, 0.1) is 11.6 Å². The molecule has 1 aromatic rings. The largest absolute Gasteiger partial charge is 0.312 e. The van der Waals surface area contributed by atoms with E-state index < -0.39 is 11.6 Å². The summed E-state index contributed by atoms with van der Waals surface area (Å²) in [6.07, 6.45) is 4.86. The molecule has 2 rings (SSSR count). The maximum absolute atomic E-state index is 13.7. The zero-order valence-electron chi connectivity index (χ0n) is 11.8. The molecule has 0 unspecified atom stereocenters. The smallest absolute Gasteiger partial charge is 0.131 e. The fourth-order valence-electron chi connectivity index (χ4n) is 2.77. The molecule has 1 N–H and O–H groups in total. The van der Waals surface area contributed by atoms with Crippen molar-refractivity contribution in [2.75, 3.05) is 6.54 Å². The van der Waals surface area contributed by atoms with E-state index >= 15 is 0 Å². The molecule has 2 nitrogen and oxygen atoms in total. The van der Waals surface area contributed by atoms with E-state index in [1.54, 1.807) is 6.07 Å². The first-order chi connectivity index (χ1) is 9.60. The minimum atomic E-state index is -0.647. The van der Waals surface area contributed by atoms with Crippen LogP contribution in [0.25, 0.3) is 0 Å². The molecule has 0 heterocycles. The molecule has 0 bridgehead atoms. The summed E-state index contributed by atoms with van der Waals surface area (Å²) in [5.41, 5.74) is 0.0400. The topological polar surface area (TPSA) is 35.8 Å². The first kappa shape index (κ1) is 14.9. The van der Waals surface area contributed by atoms with Gasteiger partial charge in [0, 0.05) is 12.1 Å². The molecule has 20 heavy (non-hydrogen) atoms. The molecule has 0 amide bonds. The van der Waals surface area contributed by atoms with E-state index in [1.165, 1.54) is 25.7 Å². The fraction of sp³-hybridized carbons (Fsp3) is 0.562.